The van der Waals surface area contributed by atoms with Crippen molar-refractivity contribution in [2.75, 3.05) is 0 Å². The van der Waals surface area contributed by atoms with E-state index in [1.807, 2.05) is 0 Å². The summed E-state index contributed by atoms with van der Waals surface area (Å²) in [6.45, 7) is 2.20. The van der Waals surface area contributed by atoms with E-state index in [1.165, 1.54) is 32.1 Å². The Morgan fingerprint density at radius 2 is 2.27 bits per heavy atom. The first kappa shape index (κ1) is 8.59. The normalized spacial score (nSPS) is 20.4. The lowest BCUT2D eigenvalue weighted by atomic mass is 9.78. The Kier molecular flexibility index (Phi) is 3.42. The molecule has 1 fully saturated rings. The molecule has 0 aliphatic heterocycles. The zero-order valence-electron chi connectivity index (χ0n) is 7.34. The van der Waals surface area contributed by atoms with Crippen molar-refractivity contribution in [1.82, 2.24) is 0 Å². The molecule has 0 saturated heterocycles. The van der Waals surface area contributed by atoms with Crippen molar-refractivity contribution in [1.29, 1.82) is 5.26 Å². The number of rotatable bonds is 4. The number of hydrogen-bond donors (Lipinski definition) is 0. The Bertz CT molecular complexity index is 141. The summed E-state index contributed by atoms with van der Waals surface area (Å²) in [5, 5.41) is 8.52. The van der Waals surface area contributed by atoms with Gasteiger partial charge in [0.15, 0.2) is 0 Å². The Hall–Kier alpha value is -0.510. The molecule has 0 amide bonds. The first-order chi connectivity index (χ1) is 5.36. The summed E-state index contributed by atoms with van der Waals surface area (Å²) in [6.07, 6.45) is 7.53. The van der Waals surface area contributed by atoms with Gasteiger partial charge in [-0.25, -0.2) is 0 Å². The Morgan fingerprint density at radius 1 is 1.55 bits per heavy atom. The monoisotopic (exact) mass is 151 g/mol. The summed E-state index contributed by atoms with van der Waals surface area (Å²) in [5.41, 5.74) is 0. The van der Waals surface area contributed by atoms with Gasteiger partial charge < -0.3 is 0 Å². The van der Waals surface area contributed by atoms with E-state index in [2.05, 4.69) is 13.0 Å². The molecule has 0 aromatic heterocycles. The van der Waals surface area contributed by atoms with Gasteiger partial charge in [0.25, 0.3) is 0 Å². The summed E-state index contributed by atoms with van der Waals surface area (Å²) >= 11 is 0. The molecular formula is C10H17N. The minimum atomic E-state index is 0.685. The van der Waals surface area contributed by atoms with Gasteiger partial charge in [-0.15, -0.1) is 0 Å². The van der Waals surface area contributed by atoms with Crippen molar-refractivity contribution < 1.29 is 0 Å². The minimum Gasteiger partial charge on any atom is -0.198 e. The molecule has 0 bridgehead atoms. The van der Waals surface area contributed by atoms with Gasteiger partial charge in [-0.2, -0.15) is 5.26 Å². The molecule has 0 radical (unpaired) electrons. The summed E-state index contributed by atoms with van der Waals surface area (Å²) in [7, 11) is 0. The van der Waals surface area contributed by atoms with Crippen LogP contribution in [0.4, 0.5) is 0 Å². The van der Waals surface area contributed by atoms with E-state index in [-0.39, 0.29) is 0 Å². The van der Waals surface area contributed by atoms with Gasteiger partial charge in [0.1, 0.15) is 0 Å². The quantitative estimate of drug-likeness (QED) is 0.605. The van der Waals surface area contributed by atoms with E-state index < -0.39 is 0 Å². The second-order valence-electron chi connectivity index (χ2n) is 3.67. The maximum absolute atomic E-state index is 8.52. The molecule has 1 nitrogen and oxygen atoms in total. The van der Waals surface area contributed by atoms with Gasteiger partial charge >= 0.3 is 0 Å². The maximum Gasteiger partial charge on any atom is 0.0624 e. The second kappa shape index (κ2) is 4.38. The lowest BCUT2D eigenvalue weighted by Gasteiger charge is -2.28. The Balaban J connectivity index is 2.14. The van der Waals surface area contributed by atoms with E-state index in [4.69, 9.17) is 5.26 Å². The van der Waals surface area contributed by atoms with Crippen molar-refractivity contribution in [3.8, 4) is 6.07 Å². The second-order valence-corrected chi connectivity index (χ2v) is 3.67. The Labute approximate surface area is 69.4 Å². The molecule has 0 aromatic carbocycles. The molecule has 0 heterocycles. The van der Waals surface area contributed by atoms with Crippen molar-refractivity contribution in [2.24, 2.45) is 11.8 Å². The standard InChI is InChI=1S/C10H17N/c1-2-9(6-7-11)8-10-4-3-5-10/h9-10H,2-6,8H2,1H3. The van der Waals surface area contributed by atoms with Crippen LogP contribution in [0.5, 0.6) is 0 Å². The molecule has 11 heavy (non-hydrogen) atoms. The summed E-state index contributed by atoms with van der Waals surface area (Å²) in [4.78, 5) is 0. The molecule has 1 saturated carbocycles. The van der Waals surface area contributed by atoms with Gasteiger partial charge in [-0.3, -0.25) is 0 Å². The van der Waals surface area contributed by atoms with Crippen LogP contribution < -0.4 is 0 Å². The van der Waals surface area contributed by atoms with Crippen LogP contribution in [0.25, 0.3) is 0 Å². The first-order valence-electron chi connectivity index (χ1n) is 4.73. The highest BCUT2D eigenvalue weighted by Crippen LogP contribution is 2.33. The predicted molar refractivity (Wildman–Crippen MR) is 46.0 cm³/mol. The third-order valence-electron chi connectivity index (χ3n) is 2.85. The molecule has 0 aromatic rings. The SMILES string of the molecule is CCC(CC#N)CC1CCC1. The molecule has 1 atom stereocenters. The minimum absolute atomic E-state index is 0.685. The van der Waals surface area contributed by atoms with Gasteiger partial charge in [0.2, 0.25) is 0 Å². The van der Waals surface area contributed by atoms with Crippen LogP contribution in [0.2, 0.25) is 0 Å². The first-order valence-corrected chi connectivity index (χ1v) is 4.73. The fraction of sp³-hybridized carbons (Fsp3) is 0.900. The zero-order chi connectivity index (χ0) is 8.10. The fourth-order valence-electron chi connectivity index (χ4n) is 1.72. The van der Waals surface area contributed by atoms with Crippen LogP contribution in [-0.2, 0) is 0 Å². The van der Waals surface area contributed by atoms with Crippen LogP contribution in [0.3, 0.4) is 0 Å². The highest BCUT2D eigenvalue weighted by molar-refractivity contribution is 4.79. The smallest absolute Gasteiger partial charge is 0.0624 e. The van der Waals surface area contributed by atoms with Crippen molar-refractivity contribution >= 4 is 0 Å². The van der Waals surface area contributed by atoms with E-state index in [1.54, 1.807) is 0 Å². The summed E-state index contributed by atoms with van der Waals surface area (Å²) < 4.78 is 0. The van der Waals surface area contributed by atoms with Gasteiger partial charge in [-0.05, 0) is 18.3 Å². The molecule has 62 valence electrons. The number of hydrogen-bond acceptors (Lipinski definition) is 1. The maximum atomic E-state index is 8.52. The molecule has 0 spiro atoms. The van der Waals surface area contributed by atoms with E-state index in [9.17, 15) is 0 Å². The highest BCUT2D eigenvalue weighted by Gasteiger charge is 2.20. The van der Waals surface area contributed by atoms with Crippen molar-refractivity contribution in [3.05, 3.63) is 0 Å². The van der Waals surface area contributed by atoms with Crippen LogP contribution in [0, 0.1) is 23.2 Å². The highest BCUT2D eigenvalue weighted by atomic mass is 14.3. The molecule has 0 N–H and O–H groups in total. The Morgan fingerprint density at radius 3 is 2.64 bits per heavy atom. The average molecular weight is 151 g/mol. The van der Waals surface area contributed by atoms with Gasteiger partial charge in [0.05, 0.1) is 6.07 Å². The van der Waals surface area contributed by atoms with E-state index in [0.29, 0.717) is 5.92 Å². The predicted octanol–water partition coefficient (Wildman–Crippen LogP) is 3.12. The van der Waals surface area contributed by atoms with Crippen LogP contribution >= 0.6 is 0 Å². The average Bonchev–Trinajstić information content (AvgIpc) is 1.94. The number of nitriles is 1. The molecule has 1 aliphatic rings. The fourth-order valence-corrected chi connectivity index (χ4v) is 1.72. The zero-order valence-corrected chi connectivity index (χ0v) is 7.34. The van der Waals surface area contributed by atoms with Crippen LogP contribution in [-0.4, -0.2) is 0 Å². The van der Waals surface area contributed by atoms with Crippen molar-refractivity contribution in [3.63, 3.8) is 0 Å². The van der Waals surface area contributed by atoms with Gasteiger partial charge in [0, 0.05) is 6.42 Å². The van der Waals surface area contributed by atoms with Crippen LogP contribution in [0.1, 0.15) is 45.4 Å². The summed E-state index contributed by atoms with van der Waals surface area (Å²) in [5.74, 6) is 1.65. The topological polar surface area (TPSA) is 23.8 Å². The lowest BCUT2D eigenvalue weighted by Crippen LogP contribution is -2.15. The van der Waals surface area contributed by atoms with E-state index >= 15 is 0 Å². The molecular weight excluding hydrogens is 134 g/mol. The van der Waals surface area contributed by atoms with Gasteiger partial charge in [-0.1, -0.05) is 32.6 Å². The van der Waals surface area contributed by atoms with E-state index in [0.717, 1.165) is 12.3 Å². The third kappa shape index (κ3) is 2.54. The largest absolute Gasteiger partial charge is 0.198 e. The lowest BCUT2D eigenvalue weighted by molar-refractivity contribution is 0.247. The molecule has 1 heteroatoms. The molecule has 1 rings (SSSR count). The molecule has 1 aliphatic carbocycles. The van der Waals surface area contributed by atoms with Crippen LogP contribution in [0.15, 0.2) is 0 Å². The van der Waals surface area contributed by atoms with Crippen molar-refractivity contribution in [2.45, 2.75) is 45.4 Å². The third-order valence-corrected chi connectivity index (χ3v) is 2.85. The molecule has 1 unspecified atom stereocenters. The summed E-state index contributed by atoms with van der Waals surface area (Å²) in [6, 6.07) is 2.27. The number of nitrogens with zero attached hydrogens (tertiary/aromatic N) is 1.